The first-order valence-corrected chi connectivity index (χ1v) is 5.35. The highest BCUT2D eigenvalue weighted by molar-refractivity contribution is 6.62. The average Bonchev–Trinajstić information content (AvgIpc) is 2.30. The van der Waals surface area contributed by atoms with Gasteiger partial charge < -0.3 is 9.64 Å². The van der Waals surface area contributed by atoms with Crippen molar-refractivity contribution >= 4 is 17.0 Å². The molecule has 1 atom stereocenters. The summed E-state index contributed by atoms with van der Waals surface area (Å²) in [5.41, 5.74) is 0.829. The quantitative estimate of drug-likeness (QED) is 0.560. The van der Waals surface area contributed by atoms with Crippen molar-refractivity contribution < 1.29 is 13.9 Å². The number of halogens is 2. The molecule has 2 rings (SSSR count). The van der Waals surface area contributed by atoms with Gasteiger partial charge in [-0.25, -0.2) is 4.39 Å². The predicted octanol–water partition coefficient (Wildman–Crippen LogP) is 2.56. The SMILES string of the molecule is O=C(Cl)N1CCOC[C@H]1c1ccc(F)cc1. The van der Waals surface area contributed by atoms with Crippen molar-refractivity contribution in [2.24, 2.45) is 0 Å². The Morgan fingerprint density at radius 2 is 2.12 bits per heavy atom. The third kappa shape index (κ3) is 2.33. The monoisotopic (exact) mass is 243 g/mol. The molecule has 0 N–H and O–H groups in total. The molecule has 1 heterocycles. The maximum Gasteiger partial charge on any atom is 0.317 e. The number of carbonyl (C=O) groups excluding carboxylic acids is 1. The van der Waals surface area contributed by atoms with Gasteiger partial charge in [-0.2, -0.15) is 0 Å². The molecule has 1 amide bonds. The van der Waals surface area contributed by atoms with E-state index in [1.165, 1.54) is 17.0 Å². The summed E-state index contributed by atoms with van der Waals surface area (Å²) in [5.74, 6) is -0.302. The lowest BCUT2D eigenvalue weighted by molar-refractivity contribution is 0.0172. The fourth-order valence-corrected chi connectivity index (χ4v) is 1.98. The van der Waals surface area contributed by atoms with Crippen molar-refractivity contribution in [3.8, 4) is 0 Å². The van der Waals surface area contributed by atoms with Crippen LogP contribution in [0.1, 0.15) is 11.6 Å². The third-order valence-electron chi connectivity index (χ3n) is 2.61. The first-order valence-electron chi connectivity index (χ1n) is 4.98. The van der Waals surface area contributed by atoms with Crippen LogP contribution >= 0.6 is 11.6 Å². The van der Waals surface area contributed by atoms with E-state index in [2.05, 4.69) is 0 Å². The van der Waals surface area contributed by atoms with Crippen molar-refractivity contribution in [3.63, 3.8) is 0 Å². The molecule has 16 heavy (non-hydrogen) atoms. The van der Waals surface area contributed by atoms with Crippen LogP contribution in [0, 0.1) is 5.82 Å². The second-order valence-electron chi connectivity index (χ2n) is 3.59. The minimum Gasteiger partial charge on any atom is -0.377 e. The lowest BCUT2D eigenvalue weighted by Crippen LogP contribution is -2.40. The number of benzene rings is 1. The van der Waals surface area contributed by atoms with E-state index in [4.69, 9.17) is 16.3 Å². The molecular formula is C11H11ClFNO2. The summed E-state index contributed by atoms with van der Waals surface area (Å²) in [6, 6.07) is 5.78. The van der Waals surface area contributed by atoms with Gasteiger partial charge in [-0.1, -0.05) is 12.1 Å². The number of morpholine rings is 1. The van der Waals surface area contributed by atoms with E-state index < -0.39 is 5.37 Å². The van der Waals surface area contributed by atoms with Gasteiger partial charge in [-0.3, -0.25) is 4.79 Å². The minimum absolute atomic E-state index is 0.223. The number of rotatable bonds is 1. The molecule has 1 aromatic rings. The van der Waals surface area contributed by atoms with Crippen molar-refractivity contribution in [2.75, 3.05) is 19.8 Å². The van der Waals surface area contributed by atoms with E-state index >= 15 is 0 Å². The van der Waals surface area contributed by atoms with Gasteiger partial charge in [0, 0.05) is 6.54 Å². The molecule has 0 aliphatic carbocycles. The Bertz CT molecular complexity index is 382. The topological polar surface area (TPSA) is 29.5 Å². The normalized spacial score (nSPS) is 20.9. The molecule has 1 aliphatic heterocycles. The zero-order valence-corrected chi connectivity index (χ0v) is 9.28. The predicted molar refractivity (Wildman–Crippen MR) is 57.9 cm³/mol. The molecule has 0 radical (unpaired) electrons. The van der Waals surface area contributed by atoms with Crippen LogP contribution < -0.4 is 0 Å². The fourth-order valence-electron chi connectivity index (χ4n) is 1.78. The standard InChI is InChI=1S/C11H11ClFNO2/c12-11(15)14-5-6-16-7-10(14)8-1-3-9(13)4-2-8/h1-4,10H,5-7H2/t10-/m0/s1. The smallest absolute Gasteiger partial charge is 0.317 e. The Labute approximate surface area is 97.8 Å². The molecule has 3 nitrogen and oxygen atoms in total. The minimum atomic E-state index is -0.502. The van der Waals surface area contributed by atoms with Gasteiger partial charge in [0.05, 0.1) is 19.3 Å². The Hall–Kier alpha value is -1.13. The first-order chi connectivity index (χ1) is 7.68. The number of nitrogens with zero attached hydrogens (tertiary/aromatic N) is 1. The Kier molecular flexibility index (Phi) is 3.41. The lowest BCUT2D eigenvalue weighted by Gasteiger charge is -2.34. The lowest BCUT2D eigenvalue weighted by atomic mass is 10.1. The number of amides is 1. The van der Waals surface area contributed by atoms with E-state index in [-0.39, 0.29) is 11.9 Å². The summed E-state index contributed by atoms with van der Waals surface area (Å²) in [7, 11) is 0. The van der Waals surface area contributed by atoms with Crippen LogP contribution in [0.25, 0.3) is 0 Å². The molecule has 5 heteroatoms. The Morgan fingerprint density at radius 3 is 2.75 bits per heavy atom. The van der Waals surface area contributed by atoms with Gasteiger partial charge in [0.15, 0.2) is 0 Å². The van der Waals surface area contributed by atoms with E-state index in [1.807, 2.05) is 0 Å². The molecule has 86 valence electrons. The average molecular weight is 244 g/mol. The van der Waals surface area contributed by atoms with Gasteiger partial charge in [-0.15, -0.1) is 0 Å². The molecule has 1 aliphatic rings. The Morgan fingerprint density at radius 1 is 1.44 bits per heavy atom. The summed E-state index contributed by atoms with van der Waals surface area (Å²) >= 11 is 5.49. The van der Waals surface area contributed by atoms with Crippen LogP contribution in [0.4, 0.5) is 9.18 Å². The first kappa shape index (κ1) is 11.4. The van der Waals surface area contributed by atoms with E-state index in [0.29, 0.717) is 19.8 Å². The summed E-state index contributed by atoms with van der Waals surface area (Å²) < 4.78 is 18.1. The molecule has 0 spiro atoms. The van der Waals surface area contributed by atoms with Gasteiger partial charge in [0.2, 0.25) is 0 Å². The van der Waals surface area contributed by atoms with E-state index in [0.717, 1.165) is 5.56 Å². The second-order valence-corrected chi connectivity index (χ2v) is 3.91. The zero-order chi connectivity index (χ0) is 11.5. The van der Waals surface area contributed by atoms with Crippen LogP contribution in [0.2, 0.25) is 0 Å². The van der Waals surface area contributed by atoms with Crippen molar-refractivity contribution in [1.29, 1.82) is 0 Å². The van der Waals surface area contributed by atoms with Crippen LogP contribution in [0.15, 0.2) is 24.3 Å². The molecule has 0 aromatic heterocycles. The Balaban J connectivity index is 2.23. The maximum atomic E-state index is 12.8. The molecule has 0 bridgehead atoms. The summed E-state index contributed by atoms with van der Waals surface area (Å²) in [4.78, 5) is 12.7. The van der Waals surface area contributed by atoms with Crippen molar-refractivity contribution in [3.05, 3.63) is 35.6 Å². The molecule has 1 aromatic carbocycles. The van der Waals surface area contributed by atoms with Crippen LogP contribution in [0.3, 0.4) is 0 Å². The summed E-state index contributed by atoms with van der Waals surface area (Å²) in [5, 5.41) is -0.502. The van der Waals surface area contributed by atoms with Gasteiger partial charge in [0.25, 0.3) is 0 Å². The van der Waals surface area contributed by atoms with Gasteiger partial charge in [-0.05, 0) is 29.3 Å². The van der Waals surface area contributed by atoms with Crippen molar-refractivity contribution in [1.82, 2.24) is 4.90 Å². The highest BCUT2D eigenvalue weighted by Crippen LogP contribution is 2.25. The summed E-state index contributed by atoms with van der Waals surface area (Å²) in [6.07, 6.45) is 0. The second kappa shape index (κ2) is 4.80. The highest BCUT2D eigenvalue weighted by Gasteiger charge is 2.27. The zero-order valence-electron chi connectivity index (χ0n) is 8.53. The number of ether oxygens (including phenoxy) is 1. The van der Waals surface area contributed by atoms with Gasteiger partial charge in [0.1, 0.15) is 5.82 Å². The maximum absolute atomic E-state index is 12.8. The van der Waals surface area contributed by atoms with E-state index in [1.54, 1.807) is 12.1 Å². The molecular weight excluding hydrogens is 233 g/mol. The highest BCUT2D eigenvalue weighted by atomic mass is 35.5. The van der Waals surface area contributed by atoms with Crippen LogP contribution in [-0.2, 0) is 4.74 Å². The molecule has 0 unspecified atom stereocenters. The van der Waals surface area contributed by atoms with Crippen LogP contribution in [0.5, 0.6) is 0 Å². The van der Waals surface area contributed by atoms with Crippen LogP contribution in [-0.4, -0.2) is 30.0 Å². The summed E-state index contributed by atoms with van der Waals surface area (Å²) in [6.45, 7) is 1.34. The molecule has 0 saturated carbocycles. The molecule has 1 fully saturated rings. The number of hydrogen-bond donors (Lipinski definition) is 0. The number of carbonyl (C=O) groups is 1. The van der Waals surface area contributed by atoms with Crippen molar-refractivity contribution in [2.45, 2.75) is 6.04 Å². The van der Waals surface area contributed by atoms with Gasteiger partial charge >= 0.3 is 5.37 Å². The fraction of sp³-hybridized carbons (Fsp3) is 0.364. The number of hydrogen-bond acceptors (Lipinski definition) is 2. The molecule has 1 saturated heterocycles. The van der Waals surface area contributed by atoms with E-state index in [9.17, 15) is 9.18 Å². The third-order valence-corrected chi connectivity index (χ3v) is 2.83. The largest absolute Gasteiger partial charge is 0.377 e.